The van der Waals surface area contributed by atoms with Gasteiger partial charge in [-0.15, -0.1) is 0 Å². The van der Waals surface area contributed by atoms with Crippen LogP contribution in [0.5, 0.6) is 5.75 Å². The number of hydrogen-bond donors (Lipinski definition) is 1. The van der Waals surface area contributed by atoms with Crippen LogP contribution in [0.3, 0.4) is 0 Å². The Labute approximate surface area is 107 Å². The Morgan fingerprint density at radius 2 is 2.21 bits per heavy atom. The second-order valence-electron chi connectivity index (χ2n) is 4.58. The van der Waals surface area contributed by atoms with Crippen LogP contribution in [0, 0.1) is 6.92 Å². The molecule has 1 amide bonds. The van der Waals surface area contributed by atoms with Gasteiger partial charge in [0.05, 0.1) is 0 Å². The van der Waals surface area contributed by atoms with Crippen molar-refractivity contribution in [2.75, 3.05) is 6.54 Å². The van der Waals surface area contributed by atoms with Crippen molar-refractivity contribution >= 4 is 5.91 Å². The van der Waals surface area contributed by atoms with Crippen molar-refractivity contribution in [1.82, 2.24) is 9.88 Å². The molecule has 1 fully saturated rings. The van der Waals surface area contributed by atoms with Gasteiger partial charge in [-0.1, -0.05) is 0 Å². The van der Waals surface area contributed by atoms with Gasteiger partial charge in [0.15, 0.2) is 5.69 Å². The van der Waals surface area contributed by atoms with Crippen LogP contribution in [0.1, 0.15) is 28.9 Å². The maximum absolute atomic E-state index is 12.8. The Hall–Kier alpha value is -1.79. The molecule has 1 saturated heterocycles. The third kappa shape index (κ3) is 2.64. The van der Waals surface area contributed by atoms with Crippen LogP contribution in [-0.2, 0) is 0 Å². The molecule has 0 radical (unpaired) electrons. The fourth-order valence-corrected chi connectivity index (χ4v) is 2.20. The number of alkyl halides is 3. The van der Waals surface area contributed by atoms with E-state index in [1.807, 2.05) is 0 Å². The number of aromatic hydroxyl groups is 1. The standard InChI is InChI=1S/C12H13F3N2O2/c1-7-5-8(18)10(16-6-7)11(19)17-4-2-3-9(17)12(13,14)15/h5-6,9,18H,2-4H2,1H3/t9-/m0/s1. The molecule has 104 valence electrons. The lowest BCUT2D eigenvalue weighted by Gasteiger charge is -2.26. The summed E-state index contributed by atoms with van der Waals surface area (Å²) < 4.78 is 38.3. The summed E-state index contributed by atoms with van der Waals surface area (Å²) in [6.07, 6.45) is -2.93. The van der Waals surface area contributed by atoms with Gasteiger partial charge in [-0.3, -0.25) is 4.79 Å². The SMILES string of the molecule is Cc1cnc(C(=O)N2CCC[C@H]2C(F)(F)F)c(O)c1. The van der Waals surface area contributed by atoms with E-state index in [4.69, 9.17) is 0 Å². The van der Waals surface area contributed by atoms with Gasteiger partial charge in [0, 0.05) is 12.7 Å². The molecule has 1 atom stereocenters. The lowest BCUT2D eigenvalue weighted by Crippen LogP contribution is -2.44. The molecule has 2 heterocycles. The number of nitrogens with zero attached hydrogens (tertiary/aromatic N) is 2. The first-order chi connectivity index (χ1) is 8.80. The fourth-order valence-electron chi connectivity index (χ4n) is 2.20. The highest BCUT2D eigenvalue weighted by Gasteiger charge is 2.48. The quantitative estimate of drug-likeness (QED) is 0.854. The van der Waals surface area contributed by atoms with Crippen molar-refractivity contribution in [3.05, 3.63) is 23.5 Å². The monoisotopic (exact) mass is 274 g/mol. The number of carbonyl (C=O) groups excluding carboxylic acids is 1. The number of hydrogen-bond acceptors (Lipinski definition) is 3. The number of aromatic nitrogens is 1. The number of likely N-dealkylation sites (tertiary alicyclic amines) is 1. The summed E-state index contributed by atoms with van der Waals surface area (Å²) in [5, 5.41) is 9.62. The first-order valence-electron chi connectivity index (χ1n) is 5.84. The molecule has 0 unspecified atom stereocenters. The number of carbonyl (C=O) groups is 1. The van der Waals surface area contributed by atoms with Gasteiger partial charge >= 0.3 is 6.18 Å². The highest BCUT2D eigenvalue weighted by atomic mass is 19.4. The molecule has 0 aromatic carbocycles. The van der Waals surface area contributed by atoms with E-state index < -0.39 is 23.9 Å². The zero-order valence-electron chi connectivity index (χ0n) is 10.2. The molecule has 2 rings (SSSR count). The minimum Gasteiger partial charge on any atom is -0.505 e. The minimum absolute atomic E-state index is 0.0258. The van der Waals surface area contributed by atoms with Gasteiger partial charge in [-0.25, -0.2) is 4.98 Å². The van der Waals surface area contributed by atoms with Crippen molar-refractivity contribution in [1.29, 1.82) is 0 Å². The maximum Gasteiger partial charge on any atom is 0.408 e. The van der Waals surface area contributed by atoms with Crippen molar-refractivity contribution in [2.24, 2.45) is 0 Å². The summed E-state index contributed by atoms with van der Waals surface area (Å²) in [7, 11) is 0. The minimum atomic E-state index is -4.45. The van der Waals surface area contributed by atoms with Crippen LogP contribution >= 0.6 is 0 Å². The van der Waals surface area contributed by atoms with Crippen LogP contribution in [0.25, 0.3) is 0 Å². The van der Waals surface area contributed by atoms with E-state index >= 15 is 0 Å². The highest BCUT2D eigenvalue weighted by molar-refractivity contribution is 5.95. The van der Waals surface area contributed by atoms with Crippen LogP contribution < -0.4 is 0 Å². The number of halogens is 3. The largest absolute Gasteiger partial charge is 0.505 e. The molecule has 0 aliphatic carbocycles. The third-order valence-electron chi connectivity index (χ3n) is 3.10. The van der Waals surface area contributed by atoms with E-state index in [9.17, 15) is 23.1 Å². The lowest BCUT2D eigenvalue weighted by molar-refractivity contribution is -0.169. The molecule has 7 heteroatoms. The Kier molecular flexibility index (Phi) is 3.38. The lowest BCUT2D eigenvalue weighted by atomic mass is 10.2. The molecule has 0 saturated carbocycles. The number of aryl methyl sites for hydroxylation is 1. The smallest absolute Gasteiger partial charge is 0.408 e. The zero-order valence-corrected chi connectivity index (χ0v) is 10.2. The first kappa shape index (κ1) is 13.6. The van der Waals surface area contributed by atoms with Crippen molar-refractivity contribution < 1.29 is 23.1 Å². The summed E-state index contributed by atoms with van der Waals surface area (Å²) in [5.41, 5.74) is 0.296. The normalized spacial score (nSPS) is 19.8. The number of rotatable bonds is 1. The molecule has 4 nitrogen and oxygen atoms in total. The molecule has 1 aliphatic heterocycles. The van der Waals surface area contributed by atoms with E-state index in [1.54, 1.807) is 6.92 Å². The summed E-state index contributed by atoms with van der Waals surface area (Å²) >= 11 is 0. The Morgan fingerprint density at radius 1 is 1.53 bits per heavy atom. The third-order valence-corrected chi connectivity index (χ3v) is 3.10. The van der Waals surface area contributed by atoms with Crippen LogP contribution in [0.15, 0.2) is 12.3 Å². The maximum atomic E-state index is 12.8. The second-order valence-corrected chi connectivity index (χ2v) is 4.58. The van der Waals surface area contributed by atoms with Crippen LogP contribution in [0.4, 0.5) is 13.2 Å². The summed E-state index contributed by atoms with van der Waals surface area (Å²) in [6.45, 7) is 1.69. The van der Waals surface area contributed by atoms with Crippen molar-refractivity contribution in [3.63, 3.8) is 0 Å². The van der Waals surface area contributed by atoms with Gasteiger partial charge in [-0.2, -0.15) is 13.2 Å². The Morgan fingerprint density at radius 3 is 2.79 bits per heavy atom. The van der Waals surface area contributed by atoms with Gasteiger partial charge in [0.25, 0.3) is 5.91 Å². The molecule has 1 aliphatic rings. The average molecular weight is 274 g/mol. The Balaban J connectivity index is 2.28. The van der Waals surface area contributed by atoms with Crippen molar-refractivity contribution in [3.8, 4) is 5.75 Å². The van der Waals surface area contributed by atoms with Gasteiger partial charge < -0.3 is 10.0 Å². The number of amides is 1. The Bertz CT molecular complexity index is 502. The summed E-state index contributed by atoms with van der Waals surface area (Å²) in [4.78, 5) is 16.5. The molecular formula is C12H13F3N2O2. The second kappa shape index (κ2) is 4.71. The molecule has 1 aromatic heterocycles. The highest BCUT2D eigenvalue weighted by Crippen LogP contribution is 2.34. The van der Waals surface area contributed by atoms with E-state index in [0.29, 0.717) is 12.0 Å². The van der Waals surface area contributed by atoms with Gasteiger partial charge in [0.1, 0.15) is 11.8 Å². The van der Waals surface area contributed by atoms with Gasteiger partial charge in [-0.05, 0) is 31.4 Å². The van der Waals surface area contributed by atoms with E-state index in [1.165, 1.54) is 12.3 Å². The predicted molar refractivity (Wildman–Crippen MR) is 60.8 cm³/mol. The molecule has 1 N–H and O–H groups in total. The summed E-state index contributed by atoms with van der Waals surface area (Å²) in [5.74, 6) is -1.27. The predicted octanol–water partition coefficient (Wildman–Crippen LogP) is 2.26. The molecule has 19 heavy (non-hydrogen) atoms. The molecule has 0 spiro atoms. The topological polar surface area (TPSA) is 53.4 Å². The van der Waals surface area contributed by atoms with Crippen LogP contribution in [-0.4, -0.2) is 39.7 Å². The number of pyridine rings is 1. The molecule has 0 bridgehead atoms. The van der Waals surface area contributed by atoms with E-state index in [-0.39, 0.29) is 18.7 Å². The molecular weight excluding hydrogens is 261 g/mol. The molecule has 1 aromatic rings. The van der Waals surface area contributed by atoms with E-state index in [2.05, 4.69) is 4.98 Å². The van der Waals surface area contributed by atoms with Crippen molar-refractivity contribution in [2.45, 2.75) is 32.0 Å². The van der Waals surface area contributed by atoms with E-state index in [0.717, 1.165) is 4.90 Å². The fraction of sp³-hybridized carbons (Fsp3) is 0.500. The first-order valence-corrected chi connectivity index (χ1v) is 5.84. The van der Waals surface area contributed by atoms with Gasteiger partial charge in [0.2, 0.25) is 0 Å². The van der Waals surface area contributed by atoms with Crippen LogP contribution in [0.2, 0.25) is 0 Å². The summed E-state index contributed by atoms with van der Waals surface area (Å²) in [6, 6.07) is -0.485. The average Bonchev–Trinajstić information content (AvgIpc) is 2.76. The zero-order chi connectivity index (χ0) is 14.2.